The predicted octanol–water partition coefficient (Wildman–Crippen LogP) is 7.87. The Morgan fingerprint density at radius 3 is 2.42 bits per heavy atom. The van der Waals surface area contributed by atoms with Crippen molar-refractivity contribution in [2.24, 2.45) is 0 Å². The molecular formula is C23H19BrOS. The van der Waals surface area contributed by atoms with E-state index in [9.17, 15) is 0 Å². The van der Waals surface area contributed by atoms with Gasteiger partial charge in [-0.25, -0.2) is 0 Å². The second-order valence-corrected chi connectivity index (χ2v) is 8.07. The van der Waals surface area contributed by atoms with E-state index in [0.29, 0.717) is 0 Å². The molecule has 1 nitrogen and oxygen atoms in total. The highest BCUT2D eigenvalue weighted by atomic mass is 79.9. The Labute approximate surface area is 166 Å². The van der Waals surface area contributed by atoms with Crippen molar-refractivity contribution in [2.45, 2.75) is 19.2 Å². The van der Waals surface area contributed by atoms with E-state index in [1.165, 1.54) is 37.2 Å². The van der Waals surface area contributed by atoms with Crippen molar-refractivity contribution in [1.29, 1.82) is 0 Å². The summed E-state index contributed by atoms with van der Waals surface area (Å²) in [5.41, 5.74) is 5.00. The molecule has 0 unspecified atom stereocenters. The van der Waals surface area contributed by atoms with Crippen LogP contribution in [-0.2, 0) is 5.33 Å². The van der Waals surface area contributed by atoms with E-state index in [-0.39, 0.29) is 0 Å². The molecule has 0 fully saturated rings. The van der Waals surface area contributed by atoms with Gasteiger partial charge in [0.15, 0.2) is 5.75 Å². The summed E-state index contributed by atoms with van der Waals surface area (Å²) in [5, 5.41) is 2.02. The number of alkyl halides is 1. The van der Waals surface area contributed by atoms with Gasteiger partial charge in [-0.1, -0.05) is 58.4 Å². The molecule has 0 aliphatic heterocycles. The molecule has 3 aromatic carbocycles. The number of halogens is 1. The Morgan fingerprint density at radius 1 is 0.923 bits per heavy atom. The first kappa shape index (κ1) is 17.3. The minimum Gasteiger partial charge on any atom is -0.455 e. The Bertz CT molecular complexity index is 1060. The molecular weight excluding hydrogens is 404 g/mol. The summed E-state index contributed by atoms with van der Waals surface area (Å²) in [6.45, 7) is 4.28. The number of fused-ring (bicyclic) bond motifs is 1. The van der Waals surface area contributed by atoms with Gasteiger partial charge in [0.1, 0.15) is 5.75 Å². The SMILES string of the molecule is Cc1ccc2c(Oc3ccc(CBr)cc3)c(-c3ccccc3C)sc2c1. The maximum atomic E-state index is 6.41. The van der Waals surface area contributed by atoms with E-state index in [1.54, 1.807) is 11.3 Å². The number of aryl methyl sites for hydroxylation is 2. The molecule has 4 aromatic rings. The molecule has 0 spiro atoms. The van der Waals surface area contributed by atoms with Crippen LogP contribution in [0.25, 0.3) is 20.5 Å². The first-order chi connectivity index (χ1) is 12.7. The summed E-state index contributed by atoms with van der Waals surface area (Å²) in [6, 6.07) is 23.3. The third kappa shape index (κ3) is 3.29. The normalized spacial score (nSPS) is 11.0. The van der Waals surface area contributed by atoms with Crippen LogP contribution < -0.4 is 4.74 Å². The van der Waals surface area contributed by atoms with E-state index in [0.717, 1.165) is 16.8 Å². The quantitative estimate of drug-likeness (QED) is 0.304. The van der Waals surface area contributed by atoms with Crippen LogP contribution in [-0.4, -0.2) is 0 Å². The lowest BCUT2D eigenvalue weighted by Crippen LogP contribution is -1.87. The summed E-state index contributed by atoms with van der Waals surface area (Å²) in [6.07, 6.45) is 0. The largest absolute Gasteiger partial charge is 0.455 e. The third-order valence-electron chi connectivity index (χ3n) is 4.49. The molecule has 1 aromatic heterocycles. The minimum atomic E-state index is 0.850. The molecule has 0 atom stereocenters. The van der Waals surface area contributed by atoms with Crippen molar-refractivity contribution >= 4 is 37.4 Å². The van der Waals surface area contributed by atoms with Gasteiger partial charge in [0.05, 0.1) is 4.88 Å². The molecule has 130 valence electrons. The third-order valence-corrected chi connectivity index (χ3v) is 6.30. The van der Waals surface area contributed by atoms with E-state index in [4.69, 9.17) is 4.74 Å². The van der Waals surface area contributed by atoms with Gasteiger partial charge in [0, 0.05) is 15.4 Å². The monoisotopic (exact) mass is 422 g/mol. The van der Waals surface area contributed by atoms with Crippen LogP contribution in [0.5, 0.6) is 11.5 Å². The van der Waals surface area contributed by atoms with Crippen LogP contribution in [0.4, 0.5) is 0 Å². The molecule has 0 bridgehead atoms. The van der Waals surface area contributed by atoms with Gasteiger partial charge in [-0.2, -0.15) is 0 Å². The van der Waals surface area contributed by atoms with Crippen LogP contribution in [0.15, 0.2) is 66.7 Å². The fourth-order valence-electron chi connectivity index (χ4n) is 3.05. The van der Waals surface area contributed by atoms with Crippen molar-refractivity contribution < 1.29 is 4.74 Å². The average Bonchev–Trinajstić information content (AvgIpc) is 3.00. The van der Waals surface area contributed by atoms with Gasteiger partial charge >= 0.3 is 0 Å². The van der Waals surface area contributed by atoms with Gasteiger partial charge < -0.3 is 4.74 Å². The topological polar surface area (TPSA) is 9.23 Å². The summed E-state index contributed by atoms with van der Waals surface area (Å²) < 4.78 is 7.67. The maximum absolute atomic E-state index is 6.41. The number of rotatable bonds is 4. The average molecular weight is 423 g/mol. The lowest BCUT2D eigenvalue weighted by Gasteiger charge is -2.10. The van der Waals surface area contributed by atoms with Crippen molar-refractivity contribution in [1.82, 2.24) is 0 Å². The van der Waals surface area contributed by atoms with Gasteiger partial charge in [0.2, 0.25) is 0 Å². The van der Waals surface area contributed by atoms with Gasteiger partial charge in [-0.15, -0.1) is 11.3 Å². The number of benzene rings is 3. The molecule has 4 rings (SSSR count). The molecule has 0 saturated carbocycles. The van der Waals surface area contributed by atoms with Crippen molar-refractivity contribution in [3.05, 3.63) is 83.4 Å². The molecule has 0 N–H and O–H groups in total. The molecule has 0 aliphatic rings. The smallest absolute Gasteiger partial charge is 0.153 e. The number of hydrogen-bond acceptors (Lipinski definition) is 2. The Hall–Kier alpha value is -2.10. The van der Waals surface area contributed by atoms with E-state index in [1.807, 2.05) is 12.1 Å². The van der Waals surface area contributed by atoms with E-state index in [2.05, 4.69) is 84.4 Å². The Kier molecular flexibility index (Phi) is 4.84. The van der Waals surface area contributed by atoms with Crippen LogP contribution >= 0.6 is 27.3 Å². The molecule has 0 amide bonds. The minimum absolute atomic E-state index is 0.850. The summed E-state index contributed by atoms with van der Waals surface area (Å²) in [7, 11) is 0. The number of thiophene rings is 1. The standard InChI is InChI=1S/C23H19BrOS/c1-15-7-12-20-21(13-15)26-23(19-6-4-3-5-16(19)2)22(20)25-18-10-8-17(14-24)9-11-18/h3-13H,14H2,1-2H3. The molecule has 0 radical (unpaired) electrons. The summed E-state index contributed by atoms with van der Waals surface area (Å²) >= 11 is 5.29. The second kappa shape index (κ2) is 7.26. The van der Waals surface area contributed by atoms with Crippen LogP contribution in [0.2, 0.25) is 0 Å². The fourth-order valence-corrected chi connectivity index (χ4v) is 4.74. The van der Waals surface area contributed by atoms with Gasteiger partial charge in [-0.05, 0) is 60.4 Å². The highest BCUT2D eigenvalue weighted by Crippen LogP contribution is 2.47. The predicted molar refractivity (Wildman–Crippen MR) is 116 cm³/mol. The van der Waals surface area contributed by atoms with Crippen LogP contribution in [0, 0.1) is 13.8 Å². The zero-order valence-electron chi connectivity index (χ0n) is 14.8. The second-order valence-electron chi connectivity index (χ2n) is 6.45. The molecule has 3 heteroatoms. The molecule has 0 aliphatic carbocycles. The molecule has 26 heavy (non-hydrogen) atoms. The van der Waals surface area contributed by atoms with Crippen molar-refractivity contribution in [3.8, 4) is 21.9 Å². The number of hydrogen-bond donors (Lipinski definition) is 0. The Balaban J connectivity index is 1.87. The first-order valence-corrected chi connectivity index (χ1v) is 10.5. The lowest BCUT2D eigenvalue weighted by molar-refractivity contribution is 0.491. The Morgan fingerprint density at radius 2 is 1.69 bits per heavy atom. The first-order valence-electron chi connectivity index (χ1n) is 8.57. The summed E-state index contributed by atoms with van der Waals surface area (Å²) in [5.74, 6) is 1.82. The zero-order chi connectivity index (χ0) is 18.1. The van der Waals surface area contributed by atoms with E-state index >= 15 is 0 Å². The van der Waals surface area contributed by atoms with Crippen molar-refractivity contribution in [3.63, 3.8) is 0 Å². The lowest BCUT2D eigenvalue weighted by atomic mass is 10.1. The van der Waals surface area contributed by atoms with Crippen LogP contribution in [0.1, 0.15) is 16.7 Å². The summed E-state index contributed by atoms with van der Waals surface area (Å²) in [4.78, 5) is 1.19. The highest BCUT2D eigenvalue weighted by molar-refractivity contribution is 9.08. The van der Waals surface area contributed by atoms with Crippen molar-refractivity contribution in [2.75, 3.05) is 0 Å². The molecule has 0 saturated heterocycles. The zero-order valence-corrected chi connectivity index (χ0v) is 17.2. The maximum Gasteiger partial charge on any atom is 0.153 e. The fraction of sp³-hybridized carbons (Fsp3) is 0.130. The van der Waals surface area contributed by atoms with Crippen LogP contribution in [0.3, 0.4) is 0 Å². The van der Waals surface area contributed by atoms with E-state index < -0.39 is 0 Å². The van der Waals surface area contributed by atoms with Gasteiger partial charge in [-0.3, -0.25) is 0 Å². The number of ether oxygens (including phenoxy) is 1. The molecule has 1 heterocycles. The van der Waals surface area contributed by atoms with Gasteiger partial charge in [0.25, 0.3) is 0 Å². The highest BCUT2D eigenvalue weighted by Gasteiger charge is 2.17.